The molecule has 1 N–H and O–H groups in total. The molecule has 1 fully saturated rings. The summed E-state index contributed by atoms with van der Waals surface area (Å²) in [4.78, 5) is 39.0. The van der Waals surface area contributed by atoms with E-state index in [1.54, 1.807) is 67.1 Å². The van der Waals surface area contributed by atoms with Gasteiger partial charge in [0.2, 0.25) is 0 Å². The van der Waals surface area contributed by atoms with Gasteiger partial charge in [-0.15, -0.1) is 0 Å². The number of nitrogens with one attached hydrogen (secondary N) is 1. The first-order valence-electron chi connectivity index (χ1n) is 12.1. The maximum absolute atomic E-state index is 13.3. The van der Waals surface area contributed by atoms with Gasteiger partial charge in [-0.1, -0.05) is 38.1 Å². The number of piperidine rings is 1. The summed E-state index contributed by atoms with van der Waals surface area (Å²) in [6.45, 7) is 9.38. The quantitative estimate of drug-likeness (QED) is 0.394. The van der Waals surface area contributed by atoms with Crippen LogP contribution in [0.5, 0.6) is 0 Å². The first kappa shape index (κ1) is 25.1. The second kappa shape index (κ2) is 10.3. The van der Waals surface area contributed by atoms with Crippen molar-refractivity contribution in [3.05, 3.63) is 86.7 Å². The monoisotopic (exact) mass is 489 g/mol. The number of aryl methyl sites for hydroxylation is 1. The van der Waals surface area contributed by atoms with Gasteiger partial charge in [-0.25, -0.2) is 0 Å². The van der Waals surface area contributed by atoms with E-state index in [0.29, 0.717) is 59.7 Å². The predicted octanol–water partition coefficient (Wildman–Crippen LogP) is 4.83. The molecular weight excluding hydrogens is 458 g/mol. The number of anilines is 1. The molecule has 1 aromatic heterocycles. The minimum Gasteiger partial charge on any atom is -0.338 e. The van der Waals surface area contributed by atoms with E-state index >= 15 is 0 Å². The maximum Gasteiger partial charge on any atom is 0.312 e. The Morgan fingerprint density at radius 2 is 1.69 bits per heavy atom. The molecule has 36 heavy (non-hydrogen) atoms. The molecule has 2 aromatic carbocycles. The number of rotatable bonds is 6. The maximum atomic E-state index is 13.3. The zero-order chi connectivity index (χ0) is 26.0. The fraction of sp³-hybridized carbons (Fsp3) is 0.370. The van der Waals surface area contributed by atoms with Gasteiger partial charge in [-0.2, -0.15) is 5.10 Å². The second-order valence-electron chi connectivity index (χ2n) is 9.79. The van der Waals surface area contributed by atoms with E-state index in [1.807, 2.05) is 4.90 Å². The summed E-state index contributed by atoms with van der Waals surface area (Å²) < 4.78 is 1.59. The zero-order valence-electron chi connectivity index (χ0n) is 21.0. The lowest BCUT2D eigenvalue weighted by atomic mass is 9.91. The molecule has 1 aliphatic heterocycles. The van der Waals surface area contributed by atoms with Crippen molar-refractivity contribution in [2.75, 3.05) is 18.4 Å². The third-order valence-electron chi connectivity index (χ3n) is 6.64. The van der Waals surface area contributed by atoms with E-state index in [-0.39, 0.29) is 17.5 Å². The molecule has 2 atom stereocenters. The number of aromatic nitrogens is 2. The lowest BCUT2D eigenvalue weighted by Crippen LogP contribution is -2.42. The Morgan fingerprint density at radius 1 is 1.06 bits per heavy atom. The van der Waals surface area contributed by atoms with Gasteiger partial charge in [0.25, 0.3) is 11.8 Å². The molecule has 2 amide bonds. The van der Waals surface area contributed by atoms with Crippen molar-refractivity contribution in [3.8, 4) is 0 Å². The van der Waals surface area contributed by atoms with Crippen molar-refractivity contribution in [1.29, 1.82) is 0 Å². The minimum atomic E-state index is -0.420. The standard InChI is InChI=1S/C27H31N5O4/c1-17-13-18(2)15-30(14-17)27(34)23-7-5-6-8-24(23)28-26(33)22-11-9-21(10-12-22)16-31-20(4)25(32(35)36)19(3)29-31/h5-12,17-18H,13-16H2,1-4H3,(H,28,33). The Labute approximate surface area is 210 Å². The van der Waals surface area contributed by atoms with Crippen LogP contribution in [0.25, 0.3) is 0 Å². The van der Waals surface area contributed by atoms with Crippen molar-refractivity contribution >= 4 is 23.2 Å². The summed E-state index contributed by atoms with van der Waals surface area (Å²) in [6, 6.07) is 14.1. The number of nitro groups is 1. The molecule has 0 radical (unpaired) electrons. The molecule has 0 bridgehead atoms. The molecule has 1 aliphatic rings. The van der Waals surface area contributed by atoms with Crippen LogP contribution in [0.15, 0.2) is 48.5 Å². The largest absolute Gasteiger partial charge is 0.338 e. The van der Waals surface area contributed by atoms with Crippen LogP contribution in [0, 0.1) is 35.8 Å². The highest BCUT2D eigenvalue weighted by Gasteiger charge is 2.27. The number of nitrogens with zero attached hydrogens (tertiary/aromatic N) is 4. The van der Waals surface area contributed by atoms with Gasteiger partial charge < -0.3 is 10.2 Å². The lowest BCUT2D eigenvalue weighted by Gasteiger charge is -2.35. The number of hydrogen-bond donors (Lipinski definition) is 1. The molecule has 1 saturated heterocycles. The number of para-hydroxylation sites is 1. The molecule has 0 saturated carbocycles. The van der Waals surface area contributed by atoms with Crippen LogP contribution in [-0.2, 0) is 6.54 Å². The Hall–Kier alpha value is -4.01. The molecule has 188 valence electrons. The van der Waals surface area contributed by atoms with E-state index in [4.69, 9.17) is 0 Å². The van der Waals surface area contributed by atoms with Crippen LogP contribution < -0.4 is 5.32 Å². The number of amides is 2. The number of carbonyl (C=O) groups is 2. The number of benzene rings is 2. The topological polar surface area (TPSA) is 110 Å². The molecule has 2 heterocycles. The summed E-state index contributed by atoms with van der Waals surface area (Å²) in [5.74, 6) is 0.500. The van der Waals surface area contributed by atoms with E-state index < -0.39 is 4.92 Å². The van der Waals surface area contributed by atoms with Crippen molar-refractivity contribution in [2.45, 2.75) is 40.7 Å². The highest BCUT2D eigenvalue weighted by Crippen LogP contribution is 2.26. The molecular formula is C27H31N5O4. The average Bonchev–Trinajstić information content (AvgIpc) is 3.11. The first-order chi connectivity index (χ1) is 17.1. The number of likely N-dealkylation sites (tertiary alicyclic amines) is 1. The van der Waals surface area contributed by atoms with Crippen LogP contribution in [-0.4, -0.2) is 44.5 Å². The van der Waals surface area contributed by atoms with Gasteiger partial charge in [0.15, 0.2) is 0 Å². The van der Waals surface area contributed by atoms with Gasteiger partial charge in [0.05, 0.1) is 22.7 Å². The number of carbonyl (C=O) groups excluding carboxylic acids is 2. The summed E-state index contributed by atoms with van der Waals surface area (Å²) in [5, 5.41) is 18.4. The van der Waals surface area contributed by atoms with E-state index in [1.165, 1.54) is 0 Å². The molecule has 0 spiro atoms. The Balaban J connectivity index is 1.47. The zero-order valence-corrected chi connectivity index (χ0v) is 21.0. The molecule has 0 aliphatic carbocycles. The predicted molar refractivity (Wildman–Crippen MR) is 137 cm³/mol. The van der Waals surface area contributed by atoms with Crippen LogP contribution in [0.3, 0.4) is 0 Å². The fourth-order valence-electron chi connectivity index (χ4n) is 5.01. The van der Waals surface area contributed by atoms with Gasteiger partial charge in [0.1, 0.15) is 11.4 Å². The summed E-state index contributed by atoms with van der Waals surface area (Å²) in [5.41, 5.74) is 3.14. The van der Waals surface area contributed by atoms with Gasteiger partial charge in [-0.05, 0) is 61.9 Å². The van der Waals surface area contributed by atoms with Crippen LogP contribution in [0.2, 0.25) is 0 Å². The molecule has 9 nitrogen and oxygen atoms in total. The molecule has 3 aromatic rings. The first-order valence-corrected chi connectivity index (χ1v) is 12.1. The summed E-state index contributed by atoms with van der Waals surface area (Å²) in [7, 11) is 0. The summed E-state index contributed by atoms with van der Waals surface area (Å²) in [6.07, 6.45) is 1.11. The molecule has 4 rings (SSSR count). The Bertz CT molecular complexity index is 1290. The van der Waals surface area contributed by atoms with Crippen LogP contribution >= 0.6 is 0 Å². The van der Waals surface area contributed by atoms with Gasteiger partial charge in [0, 0.05) is 18.7 Å². The van der Waals surface area contributed by atoms with Crippen molar-refractivity contribution < 1.29 is 14.5 Å². The van der Waals surface area contributed by atoms with E-state index in [0.717, 1.165) is 12.0 Å². The SMILES string of the molecule is Cc1nn(Cc2ccc(C(=O)Nc3ccccc3C(=O)N3CC(C)CC(C)C3)cc2)c(C)c1[N+](=O)[O-]. The van der Waals surface area contributed by atoms with Gasteiger partial charge >= 0.3 is 5.69 Å². The Kier molecular flexibility index (Phi) is 7.19. The highest BCUT2D eigenvalue weighted by molar-refractivity contribution is 6.09. The molecule has 9 heteroatoms. The second-order valence-corrected chi connectivity index (χ2v) is 9.79. The van der Waals surface area contributed by atoms with Crippen LogP contribution in [0.1, 0.15) is 57.9 Å². The third-order valence-corrected chi connectivity index (χ3v) is 6.64. The van der Waals surface area contributed by atoms with Crippen molar-refractivity contribution in [3.63, 3.8) is 0 Å². The van der Waals surface area contributed by atoms with Gasteiger partial charge in [-0.3, -0.25) is 24.4 Å². The minimum absolute atomic E-state index is 0.0210. The number of hydrogen-bond acceptors (Lipinski definition) is 5. The van der Waals surface area contributed by atoms with Crippen LogP contribution in [0.4, 0.5) is 11.4 Å². The molecule has 2 unspecified atom stereocenters. The summed E-state index contributed by atoms with van der Waals surface area (Å²) >= 11 is 0. The third kappa shape index (κ3) is 5.30. The normalized spacial score (nSPS) is 17.6. The van der Waals surface area contributed by atoms with Crippen molar-refractivity contribution in [2.24, 2.45) is 11.8 Å². The fourth-order valence-corrected chi connectivity index (χ4v) is 5.01. The lowest BCUT2D eigenvalue weighted by molar-refractivity contribution is -0.386. The van der Waals surface area contributed by atoms with E-state index in [9.17, 15) is 19.7 Å². The Morgan fingerprint density at radius 3 is 2.31 bits per heavy atom. The van der Waals surface area contributed by atoms with Crippen molar-refractivity contribution in [1.82, 2.24) is 14.7 Å². The van der Waals surface area contributed by atoms with E-state index in [2.05, 4.69) is 24.3 Å². The highest BCUT2D eigenvalue weighted by atomic mass is 16.6. The smallest absolute Gasteiger partial charge is 0.312 e. The average molecular weight is 490 g/mol.